The highest BCUT2D eigenvalue weighted by molar-refractivity contribution is 5.84. The largest absolute Gasteiger partial charge is 0.481 e. The predicted octanol–water partition coefficient (Wildman–Crippen LogP) is 5.79. The van der Waals surface area contributed by atoms with E-state index in [2.05, 4.69) is 19.1 Å². The van der Waals surface area contributed by atoms with Gasteiger partial charge in [0.15, 0.2) is 0 Å². The Balaban J connectivity index is 1.84. The Hall–Kier alpha value is -1.68. The first-order valence-electron chi connectivity index (χ1n) is 11.0. The normalized spacial score (nSPS) is 20.4. The molecule has 0 bridgehead atoms. The minimum absolute atomic E-state index is 0.0970. The highest BCUT2D eigenvalue weighted by Crippen LogP contribution is 2.40. The van der Waals surface area contributed by atoms with Crippen molar-refractivity contribution in [1.29, 1.82) is 0 Å². The fraction of sp³-hybridized carbons (Fsp3) is 0.667. The average molecular weight is 389 g/mol. The van der Waals surface area contributed by atoms with E-state index in [0.29, 0.717) is 12.2 Å². The maximum atomic E-state index is 12.4. The summed E-state index contributed by atoms with van der Waals surface area (Å²) in [7, 11) is 0. The lowest BCUT2D eigenvalue weighted by Gasteiger charge is -2.20. The van der Waals surface area contributed by atoms with Gasteiger partial charge in [-0.25, -0.2) is 0 Å². The van der Waals surface area contributed by atoms with Crippen LogP contribution < -0.4 is 0 Å². The zero-order chi connectivity index (χ0) is 20.4. The van der Waals surface area contributed by atoms with Crippen LogP contribution in [0.2, 0.25) is 0 Å². The molecule has 1 saturated carbocycles. The molecular weight excluding hydrogens is 352 g/mol. The summed E-state index contributed by atoms with van der Waals surface area (Å²) in [5, 5.41) is 19.0. The van der Waals surface area contributed by atoms with Gasteiger partial charge in [0.1, 0.15) is 5.78 Å². The van der Waals surface area contributed by atoms with Gasteiger partial charge in [-0.05, 0) is 42.7 Å². The van der Waals surface area contributed by atoms with E-state index in [4.69, 9.17) is 5.11 Å². The number of aliphatic hydroxyl groups excluding tert-OH is 1. The first kappa shape index (κ1) is 22.6. The number of hydrogen-bond acceptors (Lipinski definition) is 3. The molecule has 0 unspecified atom stereocenters. The lowest BCUT2D eigenvalue weighted by atomic mass is 9.84. The van der Waals surface area contributed by atoms with Crippen molar-refractivity contribution in [2.24, 2.45) is 5.92 Å². The SMILES string of the molecule is CCCCC[C@H](O)c1ccc([C@@H]2CCC(=O)[C@@H]2CCCCCCC(=O)O)cc1. The molecule has 0 aromatic heterocycles. The van der Waals surface area contributed by atoms with E-state index in [1.165, 1.54) is 5.56 Å². The molecule has 28 heavy (non-hydrogen) atoms. The second kappa shape index (κ2) is 12.0. The zero-order valence-electron chi connectivity index (χ0n) is 17.2. The molecule has 3 atom stereocenters. The smallest absolute Gasteiger partial charge is 0.303 e. The number of carbonyl (C=O) groups is 2. The fourth-order valence-corrected chi connectivity index (χ4v) is 4.38. The van der Waals surface area contributed by atoms with Crippen LogP contribution in [-0.2, 0) is 9.59 Å². The highest BCUT2D eigenvalue weighted by atomic mass is 16.4. The van der Waals surface area contributed by atoms with E-state index >= 15 is 0 Å². The number of hydrogen-bond donors (Lipinski definition) is 2. The molecule has 0 spiro atoms. The van der Waals surface area contributed by atoms with Crippen molar-refractivity contribution in [3.8, 4) is 0 Å². The van der Waals surface area contributed by atoms with Crippen LogP contribution in [0.5, 0.6) is 0 Å². The summed E-state index contributed by atoms with van der Waals surface area (Å²) in [6.45, 7) is 2.16. The number of carboxylic acid groups (broad SMARTS) is 1. The van der Waals surface area contributed by atoms with Crippen molar-refractivity contribution < 1.29 is 19.8 Å². The van der Waals surface area contributed by atoms with Gasteiger partial charge in [0.2, 0.25) is 0 Å². The molecule has 4 nitrogen and oxygen atoms in total. The van der Waals surface area contributed by atoms with E-state index in [9.17, 15) is 14.7 Å². The van der Waals surface area contributed by atoms with Crippen LogP contribution in [-0.4, -0.2) is 22.0 Å². The van der Waals surface area contributed by atoms with E-state index < -0.39 is 12.1 Å². The fourth-order valence-electron chi connectivity index (χ4n) is 4.38. The molecule has 0 amide bonds. The molecule has 2 rings (SSSR count). The maximum absolute atomic E-state index is 12.4. The summed E-state index contributed by atoms with van der Waals surface area (Å²) < 4.78 is 0. The number of rotatable bonds is 13. The molecule has 2 N–H and O–H groups in total. The second-order valence-corrected chi connectivity index (χ2v) is 8.24. The first-order valence-corrected chi connectivity index (χ1v) is 11.0. The van der Waals surface area contributed by atoms with Crippen molar-refractivity contribution in [3.63, 3.8) is 0 Å². The van der Waals surface area contributed by atoms with Gasteiger partial charge in [-0.15, -0.1) is 0 Å². The third-order valence-electron chi connectivity index (χ3n) is 6.09. The van der Waals surface area contributed by atoms with Gasteiger partial charge in [-0.3, -0.25) is 9.59 Å². The van der Waals surface area contributed by atoms with Crippen molar-refractivity contribution in [2.75, 3.05) is 0 Å². The van der Waals surface area contributed by atoms with E-state index in [0.717, 1.165) is 69.8 Å². The second-order valence-electron chi connectivity index (χ2n) is 8.24. The monoisotopic (exact) mass is 388 g/mol. The first-order chi connectivity index (χ1) is 13.5. The van der Waals surface area contributed by atoms with Crippen LogP contribution in [0.3, 0.4) is 0 Å². The Morgan fingerprint density at radius 2 is 1.79 bits per heavy atom. The minimum Gasteiger partial charge on any atom is -0.481 e. The molecule has 1 aliphatic carbocycles. The standard InChI is InChI=1S/C24H36O4/c1-2-3-6-10-22(25)19-14-12-18(13-15-19)20-16-17-23(26)21(20)9-7-4-5-8-11-24(27)28/h12-15,20-22,25H,2-11,16-17H2,1H3,(H,27,28)/t20-,21+,22-/m0/s1. The highest BCUT2D eigenvalue weighted by Gasteiger charge is 2.34. The number of carboxylic acids is 1. The molecule has 1 aromatic rings. The Bertz CT molecular complexity index is 608. The Morgan fingerprint density at radius 3 is 2.46 bits per heavy atom. The number of aliphatic carboxylic acids is 1. The van der Waals surface area contributed by atoms with Gasteiger partial charge >= 0.3 is 5.97 Å². The number of carbonyl (C=O) groups excluding carboxylic acids is 1. The van der Waals surface area contributed by atoms with Crippen molar-refractivity contribution in [3.05, 3.63) is 35.4 Å². The molecule has 0 saturated heterocycles. The summed E-state index contributed by atoms with van der Waals surface area (Å²) in [5.74, 6) is 0.0294. The van der Waals surface area contributed by atoms with Crippen LogP contribution in [0, 0.1) is 5.92 Å². The van der Waals surface area contributed by atoms with Gasteiger partial charge in [0.25, 0.3) is 0 Å². The molecule has 156 valence electrons. The summed E-state index contributed by atoms with van der Waals surface area (Å²) in [5.41, 5.74) is 2.19. The Kier molecular flexibility index (Phi) is 9.69. The maximum Gasteiger partial charge on any atom is 0.303 e. The quantitative estimate of drug-likeness (QED) is 0.420. The molecule has 1 aliphatic rings. The lowest BCUT2D eigenvalue weighted by molar-refractivity contribution is -0.137. The van der Waals surface area contributed by atoms with Crippen molar-refractivity contribution >= 4 is 11.8 Å². The molecular formula is C24H36O4. The van der Waals surface area contributed by atoms with E-state index in [1.807, 2.05) is 12.1 Å². The average Bonchev–Trinajstić information content (AvgIpc) is 3.05. The van der Waals surface area contributed by atoms with Crippen LogP contribution in [0.15, 0.2) is 24.3 Å². The van der Waals surface area contributed by atoms with E-state index in [1.54, 1.807) is 0 Å². The van der Waals surface area contributed by atoms with Crippen molar-refractivity contribution in [2.45, 2.75) is 96.0 Å². The molecule has 1 aromatic carbocycles. The molecule has 1 fully saturated rings. The van der Waals surface area contributed by atoms with E-state index in [-0.39, 0.29) is 18.3 Å². The van der Waals surface area contributed by atoms with Crippen LogP contribution in [0.25, 0.3) is 0 Å². The van der Waals surface area contributed by atoms with Crippen molar-refractivity contribution in [1.82, 2.24) is 0 Å². The zero-order valence-corrected chi connectivity index (χ0v) is 17.2. The Labute approximate surface area is 169 Å². The van der Waals surface area contributed by atoms with Crippen LogP contribution >= 0.6 is 0 Å². The topological polar surface area (TPSA) is 74.6 Å². The number of unbranched alkanes of at least 4 members (excludes halogenated alkanes) is 5. The predicted molar refractivity (Wildman–Crippen MR) is 111 cm³/mol. The van der Waals surface area contributed by atoms with Gasteiger partial charge in [0.05, 0.1) is 6.10 Å². The van der Waals surface area contributed by atoms with Gasteiger partial charge < -0.3 is 10.2 Å². The summed E-state index contributed by atoms with van der Waals surface area (Å²) >= 11 is 0. The van der Waals surface area contributed by atoms with Crippen LogP contribution in [0.4, 0.5) is 0 Å². The third-order valence-corrected chi connectivity index (χ3v) is 6.09. The van der Waals surface area contributed by atoms with Gasteiger partial charge in [-0.2, -0.15) is 0 Å². The molecule has 0 radical (unpaired) electrons. The number of aliphatic hydroxyl groups is 1. The lowest BCUT2D eigenvalue weighted by Crippen LogP contribution is -2.13. The van der Waals surface area contributed by atoms with Gasteiger partial charge in [0, 0.05) is 18.8 Å². The minimum atomic E-state index is -0.732. The molecule has 0 heterocycles. The number of Topliss-reactive ketones (excluding diaryl/α,β-unsaturated/α-hetero) is 1. The number of ketones is 1. The third kappa shape index (κ3) is 7.05. The Morgan fingerprint density at radius 1 is 1.07 bits per heavy atom. The van der Waals surface area contributed by atoms with Gasteiger partial charge in [-0.1, -0.05) is 69.7 Å². The molecule has 4 heteroatoms. The molecule has 0 aliphatic heterocycles. The summed E-state index contributed by atoms with van der Waals surface area (Å²) in [4.78, 5) is 22.9. The number of benzene rings is 1. The summed E-state index contributed by atoms with van der Waals surface area (Å²) in [6, 6.07) is 8.25. The summed E-state index contributed by atoms with van der Waals surface area (Å²) in [6.07, 6.45) is 10.1. The van der Waals surface area contributed by atoms with Crippen LogP contribution in [0.1, 0.15) is 107 Å².